The largest absolute Gasteiger partial charge is 0.357 e. The number of carbonyl (C=O) groups is 2. The van der Waals surface area contributed by atoms with Crippen LogP contribution >= 0.6 is 23.4 Å². The van der Waals surface area contributed by atoms with Crippen molar-refractivity contribution in [2.75, 3.05) is 12.8 Å². The Morgan fingerprint density at radius 2 is 1.74 bits per heavy atom. The maximum atomic E-state index is 14.1. The van der Waals surface area contributed by atoms with Gasteiger partial charge >= 0.3 is 0 Å². The van der Waals surface area contributed by atoms with Gasteiger partial charge in [0.05, 0.1) is 5.75 Å². The first-order chi connectivity index (χ1) is 16.4. The van der Waals surface area contributed by atoms with Crippen molar-refractivity contribution in [1.82, 2.24) is 10.2 Å². The predicted octanol–water partition coefficient (Wildman–Crippen LogP) is 5.41. The molecule has 1 N–H and O–H groups in total. The van der Waals surface area contributed by atoms with E-state index < -0.39 is 11.9 Å². The molecule has 0 saturated carbocycles. The summed E-state index contributed by atoms with van der Waals surface area (Å²) in [5, 5.41) is 3.05. The van der Waals surface area contributed by atoms with E-state index in [4.69, 9.17) is 11.6 Å². The van der Waals surface area contributed by atoms with Gasteiger partial charge in [0.25, 0.3) is 0 Å². The summed E-state index contributed by atoms with van der Waals surface area (Å²) in [5.41, 5.74) is 3.35. The van der Waals surface area contributed by atoms with Crippen LogP contribution in [-0.2, 0) is 28.3 Å². The van der Waals surface area contributed by atoms with Crippen LogP contribution in [0.3, 0.4) is 0 Å². The van der Waals surface area contributed by atoms with Gasteiger partial charge in [0.1, 0.15) is 11.9 Å². The van der Waals surface area contributed by atoms with Gasteiger partial charge in [0.15, 0.2) is 0 Å². The fourth-order valence-corrected chi connectivity index (χ4v) is 4.93. The first-order valence-corrected chi connectivity index (χ1v) is 12.5. The third-order valence-corrected chi connectivity index (χ3v) is 6.95. The average Bonchev–Trinajstić information content (AvgIpc) is 2.84. The molecule has 0 heterocycles. The first-order valence-electron chi connectivity index (χ1n) is 11.0. The smallest absolute Gasteiger partial charge is 0.242 e. The highest BCUT2D eigenvalue weighted by Gasteiger charge is 2.30. The van der Waals surface area contributed by atoms with Gasteiger partial charge < -0.3 is 10.2 Å². The predicted molar refractivity (Wildman–Crippen MR) is 137 cm³/mol. The summed E-state index contributed by atoms with van der Waals surface area (Å²) in [6, 6.07) is 21.3. The van der Waals surface area contributed by atoms with Crippen LogP contribution in [0, 0.1) is 12.7 Å². The Labute approximate surface area is 209 Å². The number of carbonyl (C=O) groups excluding carboxylic acids is 2. The van der Waals surface area contributed by atoms with Crippen molar-refractivity contribution in [3.63, 3.8) is 0 Å². The second kappa shape index (κ2) is 12.6. The topological polar surface area (TPSA) is 49.4 Å². The molecule has 0 fully saturated rings. The van der Waals surface area contributed by atoms with Crippen molar-refractivity contribution < 1.29 is 14.0 Å². The van der Waals surface area contributed by atoms with Crippen molar-refractivity contribution in [1.29, 1.82) is 0 Å². The summed E-state index contributed by atoms with van der Waals surface area (Å²) >= 11 is 7.41. The van der Waals surface area contributed by atoms with Crippen LogP contribution in [-0.4, -0.2) is 35.6 Å². The number of rotatable bonds is 10. The lowest BCUT2D eigenvalue weighted by Crippen LogP contribution is -2.50. The minimum absolute atomic E-state index is 0.0961. The maximum absolute atomic E-state index is 14.1. The van der Waals surface area contributed by atoms with Gasteiger partial charge in [-0.3, -0.25) is 9.59 Å². The Hall–Kier alpha value is -2.83. The lowest BCUT2D eigenvalue weighted by molar-refractivity contribution is -0.139. The zero-order valence-electron chi connectivity index (χ0n) is 19.3. The van der Waals surface area contributed by atoms with Gasteiger partial charge in [-0.2, -0.15) is 0 Å². The monoisotopic (exact) mass is 498 g/mol. The number of nitrogens with one attached hydrogen (secondary N) is 1. The van der Waals surface area contributed by atoms with E-state index in [1.807, 2.05) is 61.5 Å². The SMILES string of the molecule is CNC(=O)C(Cc1ccccc1)N(Cc1ccccc1C)C(=O)CSCc1c(F)cccc1Cl. The van der Waals surface area contributed by atoms with Crippen LogP contribution in [0.2, 0.25) is 5.02 Å². The summed E-state index contributed by atoms with van der Waals surface area (Å²) in [6.45, 7) is 2.29. The Morgan fingerprint density at radius 3 is 2.41 bits per heavy atom. The number of hydrogen-bond donors (Lipinski definition) is 1. The number of halogens is 2. The Bertz CT molecular complexity index is 1110. The van der Waals surface area contributed by atoms with Crippen LogP contribution in [0.15, 0.2) is 72.8 Å². The summed E-state index contributed by atoms with van der Waals surface area (Å²) in [6.07, 6.45) is 0.391. The molecule has 0 spiro atoms. The van der Waals surface area contributed by atoms with E-state index in [9.17, 15) is 14.0 Å². The zero-order chi connectivity index (χ0) is 24.5. The molecule has 1 unspecified atom stereocenters. The van der Waals surface area contributed by atoms with E-state index in [-0.39, 0.29) is 23.3 Å². The fourth-order valence-electron chi connectivity index (χ4n) is 3.69. The number of likely N-dealkylation sites (N-methyl/N-ethyl adjacent to an activating group) is 1. The highest BCUT2D eigenvalue weighted by atomic mass is 35.5. The van der Waals surface area contributed by atoms with Crippen molar-refractivity contribution in [3.05, 3.63) is 106 Å². The summed E-state index contributed by atoms with van der Waals surface area (Å²) in [7, 11) is 1.58. The zero-order valence-corrected chi connectivity index (χ0v) is 20.8. The molecule has 7 heteroatoms. The Balaban J connectivity index is 1.84. The Morgan fingerprint density at radius 1 is 1.03 bits per heavy atom. The summed E-state index contributed by atoms with van der Waals surface area (Å²) < 4.78 is 14.1. The van der Waals surface area contributed by atoms with Crippen LogP contribution in [0.5, 0.6) is 0 Å². The molecule has 0 aromatic heterocycles. The fraction of sp³-hybridized carbons (Fsp3) is 0.259. The molecule has 0 saturated heterocycles. The van der Waals surface area contributed by atoms with Crippen molar-refractivity contribution in [2.45, 2.75) is 31.7 Å². The summed E-state index contributed by atoms with van der Waals surface area (Å²) in [4.78, 5) is 28.0. The van der Waals surface area contributed by atoms with E-state index >= 15 is 0 Å². The number of thioether (sulfide) groups is 1. The average molecular weight is 499 g/mol. The van der Waals surface area contributed by atoms with Crippen molar-refractivity contribution in [3.8, 4) is 0 Å². The van der Waals surface area contributed by atoms with Gasteiger partial charge in [-0.05, 0) is 35.7 Å². The van der Waals surface area contributed by atoms with E-state index in [0.717, 1.165) is 16.7 Å². The number of aryl methyl sites for hydroxylation is 1. The van der Waals surface area contributed by atoms with Gasteiger partial charge in [-0.25, -0.2) is 4.39 Å². The third kappa shape index (κ3) is 6.84. The molecular weight excluding hydrogens is 471 g/mol. The van der Waals surface area contributed by atoms with E-state index in [1.165, 1.54) is 17.8 Å². The maximum Gasteiger partial charge on any atom is 0.242 e. The molecule has 3 aromatic carbocycles. The molecule has 0 aliphatic carbocycles. The van der Waals surface area contributed by atoms with Gasteiger partial charge in [0, 0.05) is 36.4 Å². The molecular formula is C27H28ClFN2O2S. The van der Waals surface area contributed by atoms with Gasteiger partial charge in [-0.15, -0.1) is 11.8 Å². The van der Waals surface area contributed by atoms with E-state index in [2.05, 4.69) is 5.32 Å². The number of nitrogens with zero attached hydrogens (tertiary/aromatic N) is 1. The minimum Gasteiger partial charge on any atom is -0.357 e. The quantitative estimate of drug-likeness (QED) is 0.407. The molecule has 3 rings (SSSR count). The van der Waals surface area contributed by atoms with Gasteiger partial charge in [-0.1, -0.05) is 72.3 Å². The molecule has 3 aromatic rings. The number of benzene rings is 3. The second-order valence-electron chi connectivity index (χ2n) is 7.96. The second-order valence-corrected chi connectivity index (χ2v) is 9.35. The van der Waals surface area contributed by atoms with Crippen LogP contribution in [0.4, 0.5) is 4.39 Å². The number of amides is 2. The lowest BCUT2D eigenvalue weighted by atomic mass is 10.0. The van der Waals surface area contributed by atoms with Crippen LogP contribution < -0.4 is 5.32 Å². The molecule has 178 valence electrons. The standard InChI is InChI=1S/C27H28ClFN2O2S/c1-19-9-6-7-12-21(19)16-31(25(27(33)30-2)15-20-10-4-3-5-11-20)26(32)18-34-17-22-23(28)13-8-14-24(22)29/h3-14,25H,15-18H2,1-2H3,(H,30,33). The molecule has 4 nitrogen and oxygen atoms in total. The lowest BCUT2D eigenvalue weighted by Gasteiger charge is -2.31. The highest BCUT2D eigenvalue weighted by molar-refractivity contribution is 7.99. The normalized spacial score (nSPS) is 11.6. The summed E-state index contributed by atoms with van der Waals surface area (Å²) in [5.74, 6) is -0.452. The van der Waals surface area contributed by atoms with Crippen LogP contribution in [0.25, 0.3) is 0 Å². The molecule has 0 bridgehead atoms. The van der Waals surface area contributed by atoms with Crippen LogP contribution in [0.1, 0.15) is 22.3 Å². The highest BCUT2D eigenvalue weighted by Crippen LogP contribution is 2.25. The minimum atomic E-state index is -0.683. The van der Waals surface area contributed by atoms with E-state index in [1.54, 1.807) is 24.1 Å². The third-order valence-electron chi connectivity index (χ3n) is 5.65. The van der Waals surface area contributed by atoms with E-state index in [0.29, 0.717) is 23.6 Å². The van der Waals surface area contributed by atoms with Crippen molar-refractivity contribution in [2.24, 2.45) is 0 Å². The first kappa shape index (κ1) is 25.8. The molecule has 1 atom stereocenters. The molecule has 0 aliphatic heterocycles. The molecule has 0 aliphatic rings. The molecule has 2 amide bonds. The Kier molecular flexibility index (Phi) is 9.54. The molecule has 0 radical (unpaired) electrons. The van der Waals surface area contributed by atoms with Crippen molar-refractivity contribution >= 4 is 35.2 Å². The molecule has 34 heavy (non-hydrogen) atoms. The number of hydrogen-bond acceptors (Lipinski definition) is 3. The van der Waals surface area contributed by atoms with Gasteiger partial charge in [0.2, 0.25) is 11.8 Å².